The van der Waals surface area contributed by atoms with E-state index in [2.05, 4.69) is 51.8 Å². The summed E-state index contributed by atoms with van der Waals surface area (Å²) in [6.45, 7) is 9.97. The Labute approximate surface area is 246 Å². The first kappa shape index (κ1) is 31.8. The van der Waals surface area contributed by atoms with Gasteiger partial charge in [-0.3, -0.25) is 9.69 Å². The first-order valence-electron chi connectivity index (χ1n) is 12.4. The average molecular weight is 625 g/mol. The van der Waals surface area contributed by atoms with E-state index in [-0.39, 0.29) is 42.5 Å². The van der Waals surface area contributed by atoms with E-state index in [9.17, 15) is 9.90 Å². The molecule has 6 nitrogen and oxygen atoms in total. The van der Waals surface area contributed by atoms with Crippen molar-refractivity contribution in [3.05, 3.63) is 82.8 Å². The molecule has 0 bridgehead atoms. The molecular weight excluding hydrogens is 589 g/mol. The number of aromatic hydroxyl groups is 1. The van der Waals surface area contributed by atoms with Gasteiger partial charge < -0.3 is 20.1 Å². The Morgan fingerprint density at radius 2 is 1.74 bits per heavy atom. The van der Waals surface area contributed by atoms with Crippen molar-refractivity contribution in [1.82, 2.24) is 10.2 Å². The van der Waals surface area contributed by atoms with Gasteiger partial charge in [-0.1, -0.05) is 41.9 Å². The number of phenolic OH excluding ortho intramolecular Hbond substituents is 1. The van der Waals surface area contributed by atoms with Gasteiger partial charge in [0.2, 0.25) is 0 Å². The Morgan fingerprint density at radius 3 is 2.37 bits per heavy atom. The SMILES string of the molecule is CC(C)[C@@H](CN1CCN(c2cccc(O)c2)[C@@H](C)C1)NC(=O)c1ccc(Oc2cccc(Br)c2)cc1.Cl.Cl. The summed E-state index contributed by atoms with van der Waals surface area (Å²) >= 11 is 3.45. The van der Waals surface area contributed by atoms with Crippen LogP contribution in [0.15, 0.2) is 77.3 Å². The standard InChI is InChI=1S/C29H34BrN3O3.2ClH/c1-20(2)28(19-32-14-15-33(21(3)18-32)24-7-5-8-25(34)17-24)31-29(35)22-10-12-26(13-11-22)36-27-9-4-6-23(30)16-27;;/h4-13,16-17,20-21,28,34H,14-15,18-19H2,1-3H3,(H,31,35);2*1H/t21-,28+;;/m0../s1. The number of hydrogen-bond acceptors (Lipinski definition) is 5. The number of rotatable bonds is 8. The van der Waals surface area contributed by atoms with E-state index < -0.39 is 0 Å². The second-order valence-electron chi connectivity index (χ2n) is 9.73. The lowest BCUT2D eigenvalue weighted by Crippen LogP contribution is -2.56. The van der Waals surface area contributed by atoms with Crippen molar-refractivity contribution in [1.29, 1.82) is 0 Å². The van der Waals surface area contributed by atoms with Crippen LogP contribution < -0.4 is 15.0 Å². The molecule has 1 amide bonds. The van der Waals surface area contributed by atoms with Crippen molar-refractivity contribution in [3.63, 3.8) is 0 Å². The van der Waals surface area contributed by atoms with Gasteiger partial charge in [0.05, 0.1) is 0 Å². The van der Waals surface area contributed by atoms with Crippen LogP contribution in [0.25, 0.3) is 0 Å². The molecule has 0 radical (unpaired) electrons. The number of carbonyl (C=O) groups excluding carboxylic acids is 1. The molecule has 1 aliphatic heterocycles. The first-order valence-corrected chi connectivity index (χ1v) is 13.2. The maximum atomic E-state index is 13.0. The van der Waals surface area contributed by atoms with E-state index in [1.54, 1.807) is 18.2 Å². The van der Waals surface area contributed by atoms with E-state index in [0.717, 1.165) is 42.1 Å². The molecule has 9 heteroatoms. The Morgan fingerprint density at radius 1 is 1.03 bits per heavy atom. The zero-order valence-electron chi connectivity index (χ0n) is 21.8. The van der Waals surface area contributed by atoms with Crippen molar-refractivity contribution in [2.24, 2.45) is 5.92 Å². The van der Waals surface area contributed by atoms with Crippen molar-refractivity contribution in [2.75, 3.05) is 31.1 Å². The number of nitrogens with zero attached hydrogens (tertiary/aromatic N) is 2. The van der Waals surface area contributed by atoms with E-state index in [1.807, 2.05) is 54.6 Å². The second-order valence-corrected chi connectivity index (χ2v) is 10.6. The summed E-state index contributed by atoms with van der Waals surface area (Å²) in [7, 11) is 0. The Balaban J connectivity index is 0.00000253. The molecule has 2 N–H and O–H groups in total. The number of ether oxygens (including phenoxy) is 1. The number of anilines is 1. The summed E-state index contributed by atoms with van der Waals surface area (Å²) in [6.07, 6.45) is 0. The van der Waals surface area contributed by atoms with Gasteiger partial charge in [0.1, 0.15) is 17.2 Å². The minimum atomic E-state index is -0.0749. The zero-order chi connectivity index (χ0) is 25.7. The monoisotopic (exact) mass is 623 g/mol. The van der Waals surface area contributed by atoms with Crippen LogP contribution in [0.4, 0.5) is 5.69 Å². The van der Waals surface area contributed by atoms with Crippen LogP contribution in [0.3, 0.4) is 0 Å². The molecular formula is C29H36BrCl2N3O3. The molecule has 1 heterocycles. The largest absolute Gasteiger partial charge is 0.508 e. The number of phenols is 1. The molecule has 0 aromatic heterocycles. The molecule has 38 heavy (non-hydrogen) atoms. The predicted octanol–water partition coefficient (Wildman–Crippen LogP) is 6.76. The number of carbonyl (C=O) groups is 1. The van der Waals surface area contributed by atoms with Crippen LogP contribution in [-0.4, -0.2) is 54.2 Å². The van der Waals surface area contributed by atoms with Crippen molar-refractivity contribution < 1.29 is 14.6 Å². The topological polar surface area (TPSA) is 65.0 Å². The lowest BCUT2D eigenvalue weighted by atomic mass is 10.0. The average Bonchev–Trinajstić information content (AvgIpc) is 2.84. The normalized spacial score (nSPS) is 16.2. The van der Waals surface area contributed by atoms with Crippen LogP contribution in [0.1, 0.15) is 31.1 Å². The van der Waals surface area contributed by atoms with Crippen molar-refractivity contribution in [2.45, 2.75) is 32.9 Å². The highest BCUT2D eigenvalue weighted by Crippen LogP contribution is 2.26. The smallest absolute Gasteiger partial charge is 0.251 e. The maximum absolute atomic E-state index is 13.0. The van der Waals surface area contributed by atoms with E-state index in [0.29, 0.717) is 23.3 Å². The van der Waals surface area contributed by atoms with Crippen LogP contribution in [0.2, 0.25) is 0 Å². The van der Waals surface area contributed by atoms with Gasteiger partial charge in [-0.2, -0.15) is 0 Å². The lowest BCUT2D eigenvalue weighted by Gasteiger charge is -2.42. The van der Waals surface area contributed by atoms with Crippen LogP contribution >= 0.6 is 40.7 Å². The van der Waals surface area contributed by atoms with Crippen LogP contribution in [-0.2, 0) is 0 Å². The fourth-order valence-electron chi connectivity index (χ4n) is 4.55. The summed E-state index contributed by atoms with van der Waals surface area (Å²) in [5.41, 5.74) is 1.66. The molecule has 1 saturated heterocycles. The van der Waals surface area contributed by atoms with Gasteiger partial charge in [-0.15, -0.1) is 24.8 Å². The summed E-state index contributed by atoms with van der Waals surface area (Å²) in [5.74, 6) is 1.93. The van der Waals surface area contributed by atoms with Crippen LogP contribution in [0, 0.1) is 5.92 Å². The number of benzene rings is 3. The molecule has 3 aromatic carbocycles. The molecule has 0 aliphatic carbocycles. The summed E-state index contributed by atoms with van der Waals surface area (Å²) in [6, 6.07) is 22.7. The van der Waals surface area contributed by atoms with Gasteiger partial charge in [0.15, 0.2) is 0 Å². The highest BCUT2D eigenvalue weighted by molar-refractivity contribution is 9.10. The minimum absolute atomic E-state index is 0. The molecule has 0 spiro atoms. The molecule has 4 rings (SSSR count). The molecule has 0 unspecified atom stereocenters. The highest BCUT2D eigenvalue weighted by Gasteiger charge is 2.27. The van der Waals surface area contributed by atoms with E-state index in [4.69, 9.17) is 4.74 Å². The number of nitrogens with one attached hydrogen (secondary N) is 1. The Kier molecular flexibility index (Phi) is 12.2. The molecule has 206 valence electrons. The van der Waals surface area contributed by atoms with Crippen molar-refractivity contribution >= 4 is 52.3 Å². The Bertz CT molecular complexity index is 1180. The third-order valence-corrected chi connectivity index (χ3v) is 7.09. The second kappa shape index (κ2) is 14.6. The molecule has 1 aliphatic rings. The minimum Gasteiger partial charge on any atom is -0.508 e. The Hall–Kier alpha value is -2.45. The fourth-order valence-corrected chi connectivity index (χ4v) is 4.93. The molecule has 3 aromatic rings. The predicted molar refractivity (Wildman–Crippen MR) is 163 cm³/mol. The summed E-state index contributed by atoms with van der Waals surface area (Å²) in [4.78, 5) is 17.8. The van der Waals surface area contributed by atoms with Crippen LogP contribution in [0.5, 0.6) is 17.2 Å². The highest BCUT2D eigenvalue weighted by atomic mass is 79.9. The quantitative estimate of drug-likeness (QED) is 0.290. The lowest BCUT2D eigenvalue weighted by molar-refractivity contribution is 0.0903. The third-order valence-electron chi connectivity index (χ3n) is 6.60. The summed E-state index contributed by atoms with van der Waals surface area (Å²) < 4.78 is 6.83. The van der Waals surface area contributed by atoms with E-state index in [1.165, 1.54) is 0 Å². The molecule has 1 fully saturated rings. The fraction of sp³-hybridized carbons (Fsp3) is 0.345. The van der Waals surface area contributed by atoms with Gasteiger partial charge in [-0.05, 0) is 67.4 Å². The number of piperazine rings is 1. The van der Waals surface area contributed by atoms with Gasteiger partial charge >= 0.3 is 0 Å². The summed E-state index contributed by atoms with van der Waals surface area (Å²) in [5, 5.41) is 13.1. The number of halogens is 3. The van der Waals surface area contributed by atoms with Gasteiger partial charge in [0, 0.05) is 60.1 Å². The van der Waals surface area contributed by atoms with Gasteiger partial charge in [-0.25, -0.2) is 0 Å². The van der Waals surface area contributed by atoms with Gasteiger partial charge in [0.25, 0.3) is 5.91 Å². The number of amides is 1. The van der Waals surface area contributed by atoms with E-state index >= 15 is 0 Å². The molecule has 0 saturated carbocycles. The maximum Gasteiger partial charge on any atom is 0.251 e. The first-order chi connectivity index (χ1) is 17.3. The van der Waals surface area contributed by atoms with Crippen molar-refractivity contribution in [3.8, 4) is 17.2 Å². The molecule has 2 atom stereocenters. The number of hydrogen-bond donors (Lipinski definition) is 2. The third kappa shape index (κ3) is 8.53. The zero-order valence-corrected chi connectivity index (χ0v) is 25.1.